The van der Waals surface area contributed by atoms with Crippen LogP contribution in [0.4, 0.5) is 5.69 Å². The fourth-order valence-corrected chi connectivity index (χ4v) is 2.46. The molecule has 0 atom stereocenters. The number of esters is 1. The summed E-state index contributed by atoms with van der Waals surface area (Å²) >= 11 is 0. The van der Waals surface area contributed by atoms with Gasteiger partial charge in [0.05, 0.1) is 17.2 Å². The maximum Gasteiger partial charge on any atom is 0.343 e. The van der Waals surface area contributed by atoms with E-state index >= 15 is 0 Å². The molecule has 0 aromatic heterocycles. The van der Waals surface area contributed by atoms with Crippen LogP contribution in [0.3, 0.4) is 0 Å². The van der Waals surface area contributed by atoms with Crippen LogP contribution in [-0.2, 0) is 4.79 Å². The van der Waals surface area contributed by atoms with Gasteiger partial charge < -0.3 is 9.64 Å². The van der Waals surface area contributed by atoms with Crippen molar-refractivity contribution in [3.05, 3.63) is 59.7 Å². The third kappa shape index (κ3) is 3.22. The van der Waals surface area contributed by atoms with Crippen LogP contribution in [-0.4, -0.2) is 18.4 Å². The van der Waals surface area contributed by atoms with E-state index in [4.69, 9.17) is 10.00 Å². The molecule has 0 N–H and O–H groups in total. The topological polar surface area (TPSA) is 70.4 Å². The minimum absolute atomic E-state index is 0.109. The number of amides is 1. The van der Waals surface area contributed by atoms with Gasteiger partial charge in [0.2, 0.25) is 5.91 Å². The van der Waals surface area contributed by atoms with Crippen molar-refractivity contribution in [2.45, 2.75) is 12.8 Å². The Morgan fingerprint density at radius 2 is 1.78 bits per heavy atom. The van der Waals surface area contributed by atoms with Crippen molar-refractivity contribution in [1.29, 1.82) is 5.26 Å². The van der Waals surface area contributed by atoms with Gasteiger partial charge >= 0.3 is 5.97 Å². The number of hydrogen-bond acceptors (Lipinski definition) is 4. The number of carbonyl (C=O) groups is 2. The second-order valence-electron chi connectivity index (χ2n) is 5.22. The van der Waals surface area contributed by atoms with Crippen molar-refractivity contribution < 1.29 is 14.3 Å². The van der Waals surface area contributed by atoms with Gasteiger partial charge in [-0.05, 0) is 55.0 Å². The molecule has 1 amide bonds. The highest BCUT2D eigenvalue weighted by molar-refractivity contribution is 5.96. The van der Waals surface area contributed by atoms with Crippen LogP contribution in [0, 0.1) is 11.3 Å². The van der Waals surface area contributed by atoms with Crippen LogP contribution in [0.15, 0.2) is 48.5 Å². The molecular formula is C18H14N2O3. The molecule has 0 spiro atoms. The Bertz CT molecular complexity index is 773. The number of benzene rings is 2. The molecule has 0 unspecified atom stereocenters. The highest BCUT2D eigenvalue weighted by Gasteiger charge is 2.21. The van der Waals surface area contributed by atoms with Gasteiger partial charge in [-0.3, -0.25) is 4.79 Å². The van der Waals surface area contributed by atoms with E-state index in [1.165, 1.54) is 0 Å². The SMILES string of the molecule is N#Cc1ccc(OC(=O)c2ccc(N3CCCC3=O)cc2)cc1. The lowest BCUT2D eigenvalue weighted by Gasteiger charge is -2.15. The molecule has 0 bridgehead atoms. The molecule has 3 rings (SSSR count). The van der Waals surface area contributed by atoms with Crippen LogP contribution in [0.2, 0.25) is 0 Å². The van der Waals surface area contributed by atoms with E-state index < -0.39 is 5.97 Å². The van der Waals surface area contributed by atoms with E-state index in [1.54, 1.807) is 53.4 Å². The molecule has 5 heteroatoms. The Kier molecular flexibility index (Phi) is 4.07. The van der Waals surface area contributed by atoms with Gasteiger partial charge in [0.1, 0.15) is 5.75 Å². The smallest absolute Gasteiger partial charge is 0.343 e. The summed E-state index contributed by atoms with van der Waals surface area (Å²) in [6.07, 6.45) is 1.43. The van der Waals surface area contributed by atoms with Crippen molar-refractivity contribution in [3.8, 4) is 11.8 Å². The van der Waals surface area contributed by atoms with Crippen molar-refractivity contribution in [3.63, 3.8) is 0 Å². The van der Waals surface area contributed by atoms with Gasteiger partial charge in [-0.15, -0.1) is 0 Å². The zero-order valence-corrected chi connectivity index (χ0v) is 12.4. The first-order chi connectivity index (χ1) is 11.2. The first kappa shape index (κ1) is 14.8. The molecule has 0 radical (unpaired) electrons. The number of ether oxygens (including phenoxy) is 1. The molecule has 2 aromatic carbocycles. The van der Waals surface area contributed by atoms with Gasteiger partial charge in [-0.2, -0.15) is 5.26 Å². The van der Waals surface area contributed by atoms with Crippen LogP contribution in [0.1, 0.15) is 28.8 Å². The van der Waals surface area contributed by atoms with Crippen molar-refractivity contribution in [2.75, 3.05) is 11.4 Å². The van der Waals surface area contributed by atoms with Gasteiger partial charge in [-0.1, -0.05) is 0 Å². The standard InChI is InChI=1S/C18H14N2O3/c19-12-13-3-9-16(10-4-13)23-18(22)14-5-7-15(8-6-14)20-11-1-2-17(20)21/h3-10H,1-2,11H2. The molecule has 5 nitrogen and oxygen atoms in total. The summed E-state index contributed by atoms with van der Waals surface area (Å²) in [7, 11) is 0. The Morgan fingerprint density at radius 3 is 2.35 bits per heavy atom. The zero-order valence-electron chi connectivity index (χ0n) is 12.4. The van der Waals surface area contributed by atoms with Gasteiger partial charge in [0.15, 0.2) is 0 Å². The number of carbonyl (C=O) groups excluding carboxylic acids is 2. The molecule has 1 saturated heterocycles. The molecular weight excluding hydrogens is 292 g/mol. The fraction of sp³-hybridized carbons (Fsp3) is 0.167. The predicted octanol–water partition coefficient (Wildman–Crippen LogP) is 2.90. The highest BCUT2D eigenvalue weighted by Crippen LogP contribution is 2.22. The number of nitriles is 1. The van der Waals surface area contributed by atoms with Crippen LogP contribution < -0.4 is 9.64 Å². The van der Waals surface area contributed by atoms with E-state index in [-0.39, 0.29) is 5.91 Å². The summed E-state index contributed by atoms with van der Waals surface area (Å²) in [5, 5.41) is 8.74. The lowest BCUT2D eigenvalue weighted by Crippen LogP contribution is -2.23. The molecule has 23 heavy (non-hydrogen) atoms. The molecule has 114 valence electrons. The number of nitrogens with zero attached hydrogens (tertiary/aromatic N) is 2. The maximum atomic E-state index is 12.1. The normalized spacial score (nSPS) is 13.7. The molecule has 2 aromatic rings. The molecule has 0 aliphatic carbocycles. The molecule has 1 fully saturated rings. The van der Waals surface area contributed by atoms with Crippen molar-refractivity contribution in [1.82, 2.24) is 0 Å². The zero-order chi connectivity index (χ0) is 16.2. The van der Waals surface area contributed by atoms with Gasteiger partial charge in [-0.25, -0.2) is 4.79 Å². The summed E-state index contributed by atoms with van der Waals surface area (Å²) in [4.78, 5) is 25.5. The van der Waals surface area contributed by atoms with E-state index in [2.05, 4.69) is 0 Å². The molecule has 0 saturated carbocycles. The van der Waals surface area contributed by atoms with E-state index in [0.717, 1.165) is 12.1 Å². The second-order valence-corrected chi connectivity index (χ2v) is 5.22. The molecule has 1 aliphatic heterocycles. The average molecular weight is 306 g/mol. The van der Waals surface area contributed by atoms with Crippen molar-refractivity contribution in [2.24, 2.45) is 0 Å². The lowest BCUT2D eigenvalue weighted by molar-refractivity contribution is -0.117. The fourth-order valence-electron chi connectivity index (χ4n) is 2.46. The van der Waals surface area contributed by atoms with Crippen LogP contribution in [0.5, 0.6) is 5.75 Å². The maximum absolute atomic E-state index is 12.1. The third-order valence-electron chi connectivity index (χ3n) is 3.68. The predicted molar refractivity (Wildman–Crippen MR) is 84.1 cm³/mol. The summed E-state index contributed by atoms with van der Waals surface area (Å²) in [5.41, 5.74) is 1.71. The number of rotatable bonds is 3. The Labute approximate surface area is 133 Å². The van der Waals surface area contributed by atoms with E-state index in [9.17, 15) is 9.59 Å². The Morgan fingerprint density at radius 1 is 1.09 bits per heavy atom. The van der Waals surface area contributed by atoms with Crippen molar-refractivity contribution >= 4 is 17.6 Å². The summed E-state index contributed by atoms with van der Waals surface area (Å²) < 4.78 is 5.26. The van der Waals surface area contributed by atoms with E-state index in [1.807, 2.05) is 6.07 Å². The number of anilines is 1. The quantitative estimate of drug-likeness (QED) is 0.646. The average Bonchev–Trinajstić information content (AvgIpc) is 3.02. The molecule has 1 heterocycles. The third-order valence-corrected chi connectivity index (χ3v) is 3.68. The molecule has 1 aliphatic rings. The number of hydrogen-bond donors (Lipinski definition) is 0. The van der Waals surface area contributed by atoms with E-state index in [0.29, 0.717) is 29.8 Å². The minimum Gasteiger partial charge on any atom is -0.423 e. The minimum atomic E-state index is -0.478. The Balaban J connectivity index is 1.70. The van der Waals surface area contributed by atoms with Gasteiger partial charge in [0.25, 0.3) is 0 Å². The van der Waals surface area contributed by atoms with Gasteiger partial charge in [0, 0.05) is 18.7 Å². The Hall–Kier alpha value is -3.13. The summed E-state index contributed by atoms with van der Waals surface area (Å²) in [6.45, 7) is 0.716. The van der Waals surface area contributed by atoms with Crippen LogP contribution in [0.25, 0.3) is 0 Å². The first-order valence-corrected chi connectivity index (χ1v) is 7.30. The second kappa shape index (κ2) is 6.32. The first-order valence-electron chi connectivity index (χ1n) is 7.30. The summed E-state index contributed by atoms with van der Waals surface area (Å²) in [6, 6.07) is 15.1. The lowest BCUT2D eigenvalue weighted by atomic mass is 10.2. The monoisotopic (exact) mass is 306 g/mol. The largest absolute Gasteiger partial charge is 0.423 e. The summed E-state index contributed by atoms with van der Waals surface area (Å²) in [5.74, 6) is 0.0136. The van der Waals surface area contributed by atoms with Crippen LogP contribution >= 0.6 is 0 Å². The highest BCUT2D eigenvalue weighted by atomic mass is 16.5.